The van der Waals surface area contributed by atoms with Gasteiger partial charge in [-0.05, 0) is 86.1 Å². The summed E-state index contributed by atoms with van der Waals surface area (Å²) in [6.07, 6.45) is 5.67. The number of carbonyl (C=O) groups is 1. The lowest BCUT2D eigenvalue weighted by Crippen LogP contribution is -2.19. The topological polar surface area (TPSA) is 89.6 Å². The number of aromatic nitrogens is 4. The number of fused-ring (bicyclic) bond motifs is 2. The molecule has 1 amide bonds. The fourth-order valence-corrected chi connectivity index (χ4v) is 5.82. The molecule has 7 heteroatoms. The summed E-state index contributed by atoms with van der Waals surface area (Å²) < 4.78 is 15.7. The van der Waals surface area contributed by atoms with Gasteiger partial charge in [-0.15, -0.1) is 0 Å². The molecule has 3 N–H and O–H groups in total. The molecule has 0 atom stereocenters. The number of nitrogens with one attached hydrogen (secondary N) is 1. The fraction of sp³-hybridized carbons (Fsp3) is 0.300. The minimum atomic E-state index is -0.393. The van der Waals surface area contributed by atoms with Crippen LogP contribution in [0.15, 0.2) is 54.6 Å². The minimum absolute atomic E-state index is 0.303. The first-order chi connectivity index (χ1) is 17.9. The number of aryl methyl sites for hydroxylation is 1. The molecule has 37 heavy (non-hydrogen) atoms. The number of aromatic amines is 1. The van der Waals surface area contributed by atoms with Crippen LogP contribution >= 0.6 is 0 Å². The number of nitrogens with two attached hydrogens (primary N) is 1. The van der Waals surface area contributed by atoms with Crippen LogP contribution in [-0.2, 0) is 6.42 Å². The zero-order valence-corrected chi connectivity index (χ0v) is 21.1. The Balaban J connectivity index is 1.43. The van der Waals surface area contributed by atoms with Crippen molar-refractivity contribution >= 4 is 27.8 Å². The van der Waals surface area contributed by atoms with Crippen LogP contribution in [0.2, 0.25) is 0 Å². The highest BCUT2D eigenvalue weighted by molar-refractivity contribution is 5.98. The van der Waals surface area contributed by atoms with Gasteiger partial charge in [0.1, 0.15) is 11.6 Å². The van der Waals surface area contributed by atoms with Crippen LogP contribution < -0.4 is 5.73 Å². The third kappa shape index (κ3) is 4.28. The quantitative estimate of drug-likeness (QED) is 0.292. The van der Waals surface area contributed by atoms with E-state index in [1.54, 1.807) is 6.07 Å². The Morgan fingerprint density at radius 3 is 2.70 bits per heavy atom. The lowest BCUT2D eigenvalue weighted by Gasteiger charge is -2.26. The van der Waals surface area contributed by atoms with Gasteiger partial charge in [0.25, 0.3) is 0 Å². The van der Waals surface area contributed by atoms with Crippen molar-refractivity contribution in [2.75, 3.05) is 0 Å². The van der Waals surface area contributed by atoms with Gasteiger partial charge in [-0.1, -0.05) is 31.9 Å². The predicted molar refractivity (Wildman–Crippen MR) is 144 cm³/mol. The molecule has 2 heterocycles. The van der Waals surface area contributed by atoms with Crippen molar-refractivity contribution in [1.82, 2.24) is 19.7 Å². The number of imidazole rings is 1. The maximum Gasteiger partial charge on any atom is 0.248 e. The second-order valence-corrected chi connectivity index (χ2v) is 10.5. The zero-order valence-electron chi connectivity index (χ0n) is 21.1. The standard InChI is InChI=1S/C30H30FN5O/c1-17-6-8-19(9-7-17)14-20-15-22(11-12-23(20)29(32)37)36-27-5-3-4-24(28(27)18(2)35-36)30-33-25-13-10-21(31)16-26(25)34-30/h3-5,10-13,15-17,19H,6-9,14H2,1-2H3,(H2,32,37)(H,33,34). The maximum atomic E-state index is 13.7. The molecule has 188 valence electrons. The highest BCUT2D eigenvalue weighted by Crippen LogP contribution is 2.34. The van der Waals surface area contributed by atoms with Crippen molar-refractivity contribution in [3.05, 3.63) is 77.2 Å². The lowest BCUT2D eigenvalue weighted by atomic mass is 9.79. The summed E-state index contributed by atoms with van der Waals surface area (Å²) in [5, 5.41) is 5.86. The summed E-state index contributed by atoms with van der Waals surface area (Å²) in [5.41, 5.74) is 12.3. The monoisotopic (exact) mass is 495 g/mol. The summed E-state index contributed by atoms with van der Waals surface area (Å²) in [7, 11) is 0. The number of primary amides is 1. The van der Waals surface area contributed by atoms with Crippen molar-refractivity contribution in [3.8, 4) is 17.1 Å². The summed E-state index contributed by atoms with van der Waals surface area (Å²) in [5.74, 6) is 1.31. The van der Waals surface area contributed by atoms with E-state index < -0.39 is 5.91 Å². The van der Waals surface area contributed by atoms with Gasteiger partial charge in [0.2, 0.25) is 5.91 Å². The van der Waals surface area contributed by atoms with Gasteiger partial charge in [0.15, 0.2) is 0 Å². The number of benzene rings is 3. The molecule has 1 fully saturated rings. The molecule has 0 bridgehead atoms. The van der Waals surface area contributed by atoms with Gasteiger partial charge in [0, 0.05) is 16.5 Å². The summed E-state index contributed by atoms with van der Waals surface area (Å²) in [6, 6.07) is 16.4. The average Bonchev–Trinajstić information content (AvgIpc) is 3.46. The number of H-pyrrole nitrogens is 1. The van der Waals surface area contributed by atoms with Gasteiger partial charge >= 0.3 is 0 Å². The second-order valence-electron chi connectivity index (χ2n) is 10.5. The molecule has 0 saturated heterocycles. The van der Waals surface area contributed by atoms with Gasteiger partial charge < -0.3 is 10.7 Å². The van der Waals surface area contributed by atoms with Crippen molar-refractivity contribution in [3.63, 3.8) is 0 Å². The molecule has 1 aliphatic carbocycles. The average molecular weight is 496 g/mol. The smallest absolute Gasteiger partial charge is 0.248 e. The van der Waals surface area contributed by atoms with E-state index in [0.717, 1.165) is 45.7 Å². The third-order valence-electron chi connectivity index (χ3n) is 7.82. The van der Waals surface area contributed by atoms with E-state index in [0.29, 0.717) is 28.3 Å². The molecular formula is C30H30FN5O. The SMILES string of the molecule is Cc1nn(-c2ccc(C(N)=O)c(CC3CCC(C)CC3)c2)c2cccc(-c3nc4ccc(F)cc4[nH]3)c12. The fourth-order valence-electron chi connectivity index (χ4n) is 5.82. The van der Waals surface area contributed by atoms with Crippen molar-refractivity contribution in [2.24, 2.45) is 17.6 Å². The van der Waals surface area contributed by atoms with Crippen molar-refractivity contribution in [2.45, 2.75) is 46.0 Å². The maximum absolute atomic E-state index is 13.7. The van der Waals surface area contributed by atoms with Crippen molar-refractivity contribution in [1.29, 1.82) is 0 Å². The Kier molecular flexibility index (Phi) is 5.78. The van der Waals surface area contributed by atoms with Gasteiger partial charge in [-0.3, -0.25) is 4.79 Å². The van der Waals surface area contributed by atoms with E-state index in [1.165, 1.54) is 37.8 Å². The van der Waals surface area contributed by atoms with E-state index >= 15 is 0 Å². The van der Waals surface area contributed by atoms with Crippen LogP contribution in [-0.4, -0.2) is 25.7 Å². The number of nitrogens with zero attached hydrogens (tertiary/aromatic N) is 3. The number of carbonyl (C=O) groups excluding carboxylic acids is 1. The zero-order chi connectivity index (χ0) is 25.7. The summed E-state index contributed by atoms with van der Waals surface area (Å²) in [4.78, 5) is 20.2. The van der Waals surface area contributed by atoms with E-state index in [9.17, 15) is 9.18 Å². The van der Waals surface area contributed by atoms with Crippen LogP contribution in [0, 0.1) is 24.6 Å². The first-order valence-electron chi connectivity index (χ1n) is 12.9. The summed E-state index contributed by atoms with van der Waals surface area (Å²) >= 11 is 0. The Morgan fingerprint density at radius 2 is 1.92 bits per heavy atom. The summed E-state index contributed by atoms with van der Waals surface area (Å²) in [6.45, 7) is 4.29. The molecular weight excluding hydrogens is 465 g/mol. The van der Waals surface area contributed by atoms with Gasteiger partial charge in [0.05, 0.1) is 27.9 Å². The van der Waals surface area contributed by atoms with Crippen LogP contribution in [0.3, 0.4) is 0 Å². The Morgan fingerprint density at radius 1 is 1.11 bits per heavy atom. The molecule has 3 aromatic carbocycles. The van der Waals surface area contributed by atoms with Crippen LogP contribution in [0.25, 0.3) is 39.0 Å². The first-order valence-corrected chi connectivity index (χ1v) is 12.9. The second kappa shape index (κ2) is 9.14. The molecule has 2 aromatic heterocycles. The normalized spacial score (nSPS) is 18.0. The minimum Gasteiger partial charge on any atom is -0.366 e. The number of hydrogen-bond donors (Lipinski definition) is 2. The number of hydrogen-bond acceptors (Lipinski definition) is 3. The molecule has 5 aromatic rings. The Bertz CT molecular complexity index is 1640. The Hall–Kier alpha value is -4.00. The van der Waals surface area contributed by atoms with E-state index in [1.807, 2.05) is 41.9 Å². The molecule has 0 spiro atoms. The molecule has 0 unspecified atom stereocenters. The Labute approximate surface area is 214 Å². The molecule has 1 aliphatic rings. The number of amides is 1. The number of rotatable bonds is 5. The number of halogens is 1. The molecule has 6 rings (SSSR count). The van der Waals surface area contributed by atoms with Crippen molar-refractivity contribution < 1.29 is 9.18 Å². The van der Waals surface area contributed by atoms with Crippen LogP contribution in [0.5, 0.6) is 0 Å². The van der Waals surface area contributed by atoms with E-state index in [4.69, 9.17) is 15.8 Å². The molecule has 0 aliphatic heterocycles. The molecule has 6 nitrogen and oxygen atoms in total. The highest BCUT2D eigenvalue weighted by Gasteiger charge is 2.22. The molecule has 0 radical (unpaired) electrons. The predicted octanol–water partition coefficient (Wildman–Crippen LogP) is 6.48. The van der Waals surface area contributed by atoms with E-state index in [-0.39, 0.29) is 5.82 Å². The van der Waals surface area contributed by atoms with Crippen LogP contribution in [0.1, 0.15) is 54.2 Å². The molecule has 1 saturated carbocycles. The van der Waals surface area contributed by atoms with Crippen LogP contribution in [0.4, 0.5) is 4.39 Å². The largest absolute Gasteiger partial charge is 0.366 e. The van der Waals surface area contributed by atoms with Gasteiger partial charge in [-0.25, -0.2) is 14.1 Å². The first kappa shape index (κ1) is 23.4. The highest BCUT2D eigenvalue weighted by atomic mass is 19.1. The lowest BCUT2D eigenvalue weighted by molar-refractivity contribution is 0.0999. The van der Waals surface area contributed by atoms with Gasteiger partial charge in [-0.2, -0.15) is 5.10 Å². The third-order valence-corrected chi connectivity index (χ3v) is 7.82. The van der Waals surface area contributed by atoms with E-state index in [2.05, 4.69) is 18.0 Å².